The molecule has 1 aromatic heterocycles. The fourth-order valence-electron chi connectivity index (χ4n) is 2.55. The lowest BCUT2D eigenvalue weighted by Crippen LogP contribution is -2.42. The highest BCUT2D eigenvalue weighted by atomic mass is 16.4. The first-order chi connectivity index (χ1) is 11.1. The second-order valence-electron chi connectivity index (χ2n) is 5.45. The first-order valence-corrected chi connectivity index (χ1v) is 7.62. The van der Waals surface area contributed by atoms with Crippen LogP contribution in [-0.2, 0) is 20.8 Å². The molecule has 0 spiro atoms. The molecule has 0 radical (unpaired) electrons. The summed E-state index contributed by atoms with van der Waals surface area (Å²) in [5.74, 6) is -1.35. The van der Waals surface area contributed by atoms with Gasteiger partial charge >= 0.3 is 5.97 Å². The molecule has 0 bridgehead atoms. The number of nitrogens with zero attached hydrogens (tertiary/aromatic N) is 1. The average Bonchev–Trinajstić information content (AvgIpc) is 2.90. The minimum absolute atomic E-state index is 0.133. The SMILES string of the molecule is CCCCC(=O)N[C@@H](Cc1cn(C=O)c2ccccc12)C(=O)O. The number of aromatic nitrogens is 1. The summed E-state index contributed by atoms with van der Waals surface area (Å²) < 4.78 is 1.42. The van der Waals surface area contributed by atoms with Gasteiger partial charge in [-0.2, -0.15) is 0 Å². The van der Waals surface area contributed by atoms with Crippen LogP contribution in [-0.4, -0.2) is 34.0 Å². The van der Waals surface area contributed by atoms with E-state index in [1.165, 1.54) is 4.57 Å². The Morgan fingerprint density at radius 1 is 1.35 bits per heavy atom. The predicted octanol–water partition coefficient (Wildman–Crippen LogP) is 1.98. The number of para-hydroxylation sites is 1. The van der Waals surface area contributed by atoms with Gasteiger partial charge in [0.05, 0.1) is 5.52 Å². The van der Waals surface area contributed by atoms with Crippen molar-refractivity contribution in [3.8, 4) is 0 Å². The number of fused-ring (bicyclic) bond motifs is 1. The number of hydrogen-bond acceptors (Lipinski definition) is 3. The molecule has 122 valence electrons. The maximum atomic E-state index is 11.8. The van der Waals surface area contributed by atoms with Crippen LogP contribution in [0.4, 0.5) is 0 Å². The number of unbranched alkanes of at least 4 members (excludes halogenated alkanes) is 1. The van der Waals surface area contributed by atoms with E-state index in [0.29, 0.717) is 12.8 Å². The highest BCUT2D eigenvalue weighted by molar-refractivity contribution is 5.90. The van der Waals surface area contributed by atoms with Crippen molar-refractivity contribution >= 4 is 29.2 Å². The normalized spacial score (nSPS) is 12.0. The van der Waals surface area contributed by atoms with Crippen LogP contribution in [0.25, 0.3) is 10.9 Å². The standard InChI is InChI=1S/C17H20N2O4/c1-2-3-8-16(21)18-14(17(22)23)9-12-10-19(11-20)15-7-5-4-6-13(12)15/h4-7,10-11,14H,2-3,8-9H2,1H3,(H,18,21)(H,22,23)/t14-/m0/s1. The highest BCUT2D eigenvalue weighted by Gasteiger charge is 2.22. The fourth-order valence-corrected chi connectivity index (χ4v) is 2.55. The third kappa shape index (κ3) is 3.97. The Labute approximate surface area is 134 Å². The van der Waals surface area contributed by atoms with Crippen molar-refractivity contribution < 1.29 is 19.5 Å². The van der Waals surface area contributed by atoms with E-state index in [9.17, 15) is 19.5 Å². The summed E-state index contributed by atoms with van der Waals surface area (Å²) in [4.78, 5) is 34.4. The van der Waals surface area contributed by atoms with Gasteiger partial charge in [0.2, 0.25) is 12.3 Å². The molecule has 0 saturated carbocycles. The van der Waals surface area contributed by atoms with E-state index in [-0.39, 0.29) is 12.3 Å². The van der Waals surface area contributed by atoms with E-state index in [1.807, 2.05) is 25.1 Å². The molecule has 0 aliphatic carbocycles. The molecule has 6 nitrogen and oxygen atoms in total. The van der Waals surface area contributed by atoms with E-state index < -0.39 is 12.0 Å². The summed E-state index contributed by atoms with van der Waals surface area (Å²) >= 11 is 0. The molecule has 0 unspecified atom stereocenters. The fraction of sp³-hybridized carbons (Fsp3) is 0.353. The van der Waals surface area contributed by atoms with Crippen LogP contribution >= 0.6 is 0 Å². The Kier molecular flexibility index (Phi) is 5.51. The van der Waals surface area contributed by atoms with Gasteiger partial charge in [-0.25, -0.2) is 4.79 Å². The molecule has 0 fully saturated rings. The Morgan fingerprint density at radius 3 is 2.74 bits per heavy atom. The second-order valence-corrected chi connectivity index (χ2v) is 5.45. The van der Waals surface area contributed by atoms with Gasteiger partial charge in [-0.05, 0) is 18.1 Å². The molecule has 0 aliphatic rings. The highest BCUT2D eigenvalue weighted by Crippen LogP contribution is 2.21. The maximum Gasteiger partial charge on any atom is 0.326 e. The zero-order valence-corrected chi connectivity index (χ0v) is 13.0. The Hall–Kier alpha value is -2.63. The second kappa shape index (κ2) is 7.58. The predicted molar refractivity (Wildman–Crippen MR) is 86.9 cm³/mol. The van der Waals surface area contributed by atoms with Gasteiger partial charge in [0, 0.05) is 24.4 Å². The van der Waals surface area contributed by atoms with Gasteiger partial charge in [0.1, 0.15) is 6.04 Å². The van der Waals surface area contributed by atoms with Gasteiger partial charge in [-0.15, -0.1) is 0 Å². The number of rotatable bonds is 8. The van der Waals surface area contributed by atoms with Crippen LogP contribution in [0.1, 0.15) is 31.7 Å². The van der Waals surface area contributed by atoms with Gasteiger partial charge in [0.25, 0.3) is 0 Å². The van der Waals surface area contributed by atoms with Gasteiger partial charge in [-0.3, -0.25) is 14.2 Å². The van der Waals surface area contributed by atoms with Crippen LogP contribution in [0.15, 0.2) is 30.5 Å². The molecule has 1 amide bonds. The van der Waals surface area contributed by atoms with Gasteiger partial charge < -0.3 is 10.4 Å². The Bertz CT molecular complexity index is 720. The number of carbonyl (C=O) groups excluding carboxylic acids is 2. The molecule has 0 aliphatic heterocycles. The molecule has 2 rings (SSSR count). The number of carboxylic acids is 1. The third-order valence-corrected chi connectivity index (χ3v) is 3.75. The number of carbonyl (C=O) groups is 3. The van der Waals surface area contributed by atoms with E-state index in [4.69, 9.17) is 0 Å². The van der Waals surface area contributed by atoms with Crippen molar-refractivity contribution in [1.82, 2.24) is 9.88 Å². The summed E-state index contributed by atoms with van der Waals surface area (Å²) in [5, 5.41) is 12.7. The number of carboxylic acid groups (broad SMARTS) is 1. The lowest BCUT2D eigenvalue weighted by Gasteiger charge is -2.14. The van der Waals surface area contributed by atoms with Gasteiger partial charge in [0.15, 0.2) is 0 Å². The van der Waals surface area contributed by atoms with Crippen molar-refractivity contribution in [3.05, 3.63) is 36.0 Å². The third-order valence-electron chi connectivity index (χ3n) is 3.75. The van der Waals surface area contributed by atoms with Crippen LogP contribution in [0.5, 0.6) is 0 Å². The molecular formula is C17H20N2O4. The largest absolute Gasteiger partial charge is 0.480 e. The first kappa shape index (κ1) is 16.7. The van der Waals surface area contributed by atoms with Crippen molar-refractivity contribution in [2.24, 2.45) is 0 Å². The van der Waals surface area contributed by atoms with E-state index in [2.05, 4.69) is 5.32 Å². The van der Waals surface area contributed by atoms with Crippen molar-refractivity contribution in [2.45, 2.75) is 38.6 Å². The van der Waals surface area contributed by atoms with Crippen LogP contribution in [0.2, 0.25) is 0 Å². The van der Waals surface area contributed by atoms with E-state index >= 15 is 0 Å². The molecule has 2 N–H and O–H groups in total. The molecule has 1 heterocycles. The maximum absolute atomic E-state index is 11.8. The minimum Gasteiger partial charge on any atom is -0.480 e. The van der Waals surface area contributed by atoms with Crippen LogP contribution in [0.3, 0.4) is 0 Å². The Balaban J connectivity index is 2.22. The number of hydrogen-bond donors (Lipinski definition) is 2. The summed E-state index contributed by atoms with van der Waals surface area (Å²) in [7, 11) is 0. The van der Waals surface area contributed by atoms with Crippen molar-refractivity contribution in [3.63, 3.8) is 0 Å². The summed E-state index contributed by atoms with van der Waals surface area (Å²) in [6.45, 7) is 1.97. The molecule has 2 aromatic rings. The van der Waals surface area contributed by atoms with Crippen molar-refractivity contribution in [1.29, 1.82) is 0 Å². The van der Waals surface area contributed by atoms with Crippen LogP contribution in [0, 0.1) is 0 Å². The smallest absolute Gasteiger partial charge is 0.326 e. The Morgan fingerprint density at radius 2 is 2.09 bits per heavy atom. The molecule has 0 saturated heterocycles. The lowest BCUT2D eigenvalue weighted by molar-refractivity contribution is -0.141. The zero-order chi connectivity index (χ0) is 16.8. The van der Waals surface area contributed by atoms with Crippen LogP contribution < -0.4 is 5.32 Å². The minimum atomic E-state index is -1.09. The molecule has 1 aromatic carbocycles. The average molecular weight is 316 g/mol. The zero-order valence-electron chi connectivity index (χ0n) is 13.0. The summed E-state index contributed by atoms with van der Waals surface area (Å²) in [6, 6.07) is 6.26. The van der Waals surface area contributed by atoms with E-state index in [0.717, 1.165) is 29.3 Å². The summed E-state index contributed by atoms with van der Waals surface area (Å²) in [6.07, 6.45) is 4.35. The van der Waals surface area contributed by atoms with Gasteiger partial charge in [-0.1, -0.05) is 31.5 Å². The number of nitrogens with one attached hydrogen (secondary N) is 1. The quantitative estimate of drug-likeness (QED) is 0.729. The molecule has 6 heteroatoms. The number of amides is 1. The summed E-state index contributed by atoms with van der Waals surface area (Å²) in [5.41, 5.74) is 1.44. The monoisotopic (exact) mass is 316 g/mol. The molecule has 23 heavy (non-hydrogen) atoms. The molecular weight excluding hydrogens is 296 g/mol. The topological polar surface area (TPSA) is 88.4 Å². The molecule has 1 atom stereocenters. The lowest BCUT2D eigenvalue weighted by atomic mass is 10.0. The number of benzene rings is 1. The van der Waals surface area contributed by atoms with E-state index in [1.54, 1.807) is 12.3 Å². The van der Waals surface area contributed by atoms with Crippen molar-refractivity contribution in [2.75, 3.05) is 0 Å². The first-order valence-electron chi connectivity index (χ1n) is 7.62. The number of aliphatic carboxylic acids is 1.